The van der Waals surface area contributed by atoms with E-state index in [-0.39, 0.29) is 86.4 Å². The number of aromatic nitrogens is 9. The molecule has 0 aliphatic carbocycles. The highest BCUT2D eigenvalue weighted by Gasteiger charge is 2.57. The maximum Gasteiger partial charge on any atom is 0.187 e. The van der Waals surface area contributed by atoms with Crippen molar-refractivity contribution in [3.05, 3.63) is 34.2 Å². The molecule has 9 saturated heterocycles. The summed E-state index contributed by atoms with van der Waals surface area (Å²) in [5.41, 5.74) is -3.63. The minimum absolute atomic E-state index is 0.0256. The third-order valence-electron chi connectivity index (χ3n) is 24.5. The number of aryl methyl sites for hydroxylation is 2. The van der Waals surface area contributed by atoms with Crippen LogP contribution in [0.1, 0.15) is 40.4 Å². The van der Waals surface area contributed by atoms with E-state index in [0.717, 1.165) is 51.7 Å². The van der Waals surface area contributed by atoms with Crippen LogP contribution < -0.4 is 0 Å². The van der Waals surface area contributed by atoms with Crippen LogP contribution in [0.2, 0.25) is 0 Å². The molecule has 3 aromatic heterocycles. The molecule has 0 bridgehead atoms. The molecular formula is C74H123N9O47S4. The van der Waals surface area contributed by atoms with E-state index in [1.54, 1.807) is 0 Å². The number of rotatable bonds is 44. The second-order valence-electron chi connectivity index (χ2n) is 33.2. The molecule has 32 N–H and O–H groups in total. The summed E-state index contributed by atoms with van der Waals surface area (Å²) in [6.07, 6.45) is -70.4. The van der Waals surface area contributed by atoms with Crippen molar-refractivity contribution < 1.29 is 234 Å². The van der Waals surface area contributed by atoms with Gasteiger partial charge in [0.2, 0.25) is 0 Å². The van der Waals surface area contributed by atoms with Crippen molar-refractivity contribution in [3.8, 4) is 0 Å². The van der Waals surface area contributed by atoms with Gasteiger partial charge in [-0.1, -0.05) is 15.6 Å². The van der Waals surface area contributed by atoms with Crippen LogP contribution in [0, 0.1) is 0 Å². The molecule has 0 spiro atoms. The summed E-state index contributed by atoms with van der Waals surface area (Å²) in [7, 11) is 0. The van der Waals surface area contributed by atoms with Crippen molar-refractivity contribution in [2.24, 2.45) is 0 Å². The van der Waals surface area contributed by atoms with Gasteiger partial charge < -0.3 is 234 Å². The summed E-state index contributed by atoms with van der Waals surface area (Å²) >= 11 is 3.84. The van der Waals surface area contributed by atoms with Crippen LogP contribution in [-0.4, -0.2) is 571 Å². The zero-order valence-corrected chi connectivity index (χ0v) is 74.6. The second kappa shape index (κ2) is 50.4. The number of hydrogen-bond acceptors (Lipinski definition) is 57. The predicted molar refractivity (Wildman–Crippen MR) is 439 cm³/mol. The Morgan fingerprint density at radius 1 is 0.246 bits per heavy atom. The maximum absolute atomic E-state index is 11.5. The van der Waals surface area contributed by atoms with Crippen LogP contribution in [0.3, 0.4) is 0 Å². The van der Waals surface area contributed by atoms with E-state index >= 15 is 0 Å². The van der Waals surface area contributed by atoms with Crippen molar-refractivity contribution in [2.45, 2.75) is 325 Å². The molecule has 9 fully saturated rings. The normalized spacial score (nSPS) is 43.1. The van der Waals surface area contributed by atoms with Gasteiger partial charge in [-0.25, -0.2) is 14.0 Å². The number of thioether (sulfide) groups is 4. The minimum Gasteiger partial charge on any atom is -0.394 e. The molecule has 56 nitrogen and oxygen atoms in total. The summed E-state index contributed by atoms with van der Waals surface area (Å²) in [6.45, 7) is -8.99. The fourth-order valence-electron chi connectivity index (χ4n) is 16.6. The molecule has 12 heterocycles. The molecule has 0 aromatic carbocycles. The molecule has 0 radical (unpaired) electrons. The smallest absolute Gasteiger partial charge is 0.187 e. The molecule has 0 amide bonds. The first kappa shape index (κ1) is 110. The van der Waals surface area contributed by atoms with E-state index in [9.17, 15) is 163 Å². The van der Waals surface area contributed by atoms with Crippen LogP contribution in [0.15, 0.2) is 0 Å². The van der Waals surface area contributed by atoms with E-state index in [1.165, 1.54) is 9.36 Å². The molecule has 12 rings (SSSR count). The van der Waals surface area contributed by atoms with Gasteiger partial charge in [-0.05, 0) is 0 Å². The van der Waals surface area contributed by atoms with Crippen LogP contribution in [-0.2, 0) is 123 Å². The van der Waals surface area contributed by atoms with Crippen molar-refractivity contribution in [2.75, 3.05) is 95.7 Å². The fraction of sp³-hybridized carbons (Fsp3) is 0.919. The Morgan fingerprint density at radius 2 is 0.507 bits per heavy atom. The van der Waals surface area contributed by atoms with Crippen molar-refractivity contribution in [3.63, 3.8) is 0 Å². The van der Waals surface area contributed by atoms with Gasteiger partial charge in [0.15, 0.2) is 31.4 Å². The Balaban J connectivity index is 0.741. The maximum atomic E-state index is 11.5. The second-order valence-corrected chi connectivity index (χ2v) is 38.0. The van der Waals surface area contributed by atoms with E-state index in [0.29, 0.717) is 22.8 Å². The van der Waals surface area contributed by atoms with Gasteiger partial charge in [-0.15, -0.1) is 62.3 Å². The average Bonchev–Trinajstić information content (AvgIpc) is 1.55. The fourth-order valence-corrected chi connectivity index (χ4v) is 21.1. The average molecular weight is 2020 g/mol. The Bertz CT molecular complexity index is 3980. The molecule has 9 aliphatic heterocycles. The topological polar surface area (TPSA) is 878 Å². The van der Waals surface area contributed by atoms with Gasteiger partial charge >= 0.3 is 0 Å². The largest absolute Gasteiger partial charge is 0.394 e. The monoisotopic (exact) mass is 2020 g/mol. The molecular weight excluding hydrogens is 1900 g/mol. The highest BCUT2D eigenvalue weighted by atomic mass is 32.2. The molecule has 770 valence electrons. The summed E-state index contributed by atoms with van der Waals surface area (Å²) in [4.78, 5) is 0. The SMILES string of the molecule is OC[C@H]1O[C@@H](O[C@H]2[C@H](O)[C@@H](O)[C@H](SCCc3nnn(CCOCc4nnn([C@@H]5O[C@H](CO)[C@@H](O)[C@H](O)[C@H]5O)c4COCCn4nnc(CCS[C@@H]5O[C@H](CO)[C@@H](O[C@@H]6O[C@H](CO)[C@H](O)[C@H](O)[C@H]6O)[C@H](O)[C@H]5O)c4CCS[C@@H]4O[C@H](CO)[C@@H](O[C@@H]5O[C@H](CO)[C@H](O)[C@H](O)[C@H]5O)[C@H](O)[C@H]4O)c3CCS[C@@H]3O[C@H](CO)[C@@H](O[C@@H]4O[C@H](CO)[C@H](O)[C@H](O)[C@H]4O)[C@H](O)[C@H]3O)O[C@@H]2CO)[C@H](O)[C@@H](O)[C@H]1O. The number of ether oxygens (including phenoxy) is 15. The first-order chi connectivity index (χ1) is 64.1. The predicted octanol–water partition coefficient (Wildman–Crippen LogP) is -19.5. The minimum atomic E-state index is -1.94. The van der Waals surface area contributed by atoms with E-state index in [2.05, 4.69) is 30.9 Å². The van der Waals surface area contributed by atoms with Crippen molar-refractivity contribution >= 4 is 47.0 Å². The van der Waals surface area contributed by atoms with Gasteiger partial charge in [0.05, 0.1) is 127 Å². The molecule has 9 aliphatic rings. The first-order valence-electron chi connectivity index (χ1n) is 43.1. The zero-order valence-electron chi connectivity index (χ0n) is 71.3. The lowest BCUT2D eigenvalue weighted by Gasteiger charge is -2.46. The molecule has 0 saturated carbocycles. The number of aliphatic hydroxyl groups is 32. The number of hydrogen-bond donors (Lipinski definition) is 32. The molecule has 60 heteroatoms. The Morgan fingerprint density at radius 3 is 0.799 bits per heavy atom. The lowest BCUT2D eigenvalue weighted by molar-refractivity contribution is -0.338. The summed E-state index contributed by atoms with van der Waals surface area (Å²) in [5.74, 6) is 0.157. The van der Waals surface area contributed by atoms with Crippen molar-refractivity contribution in [1.82, 2.24) is 45.0 Å². The van der Waals surface area contributed by atoms with E-state index in [1.807, 2.05) is 0 Å². The van der Waals surface area contributed by atoms with Gasteiger partial charge in [-0.3, -0.25) is 0 Å². The number of aliphatic hydroxyl groups excluding tert-OH is 32. The zero-order chi connectivity index (χ0) is 97.1. The highest BCUT2D eigenvalue weighted by Crippen LogP contribution is 2.41. The van der Waals surface area contributed by atoms with Crippen LogP contribution in [0.4, 0.5) is 0 Å². The first-order valence-corrected chi connectivity index (χ1v) is 47.3. The summed E-state index contributed by atoms with van der Waals surface area (Å²) < 4.78 is 91.1. The summed E-state index contributed by atoms with van der Waals surface area (Å²) in [6, 6.07) is 0. The molecule has 45 atom stereocenters. The molecule has 0 unspecified atom stereocenters. The molecule has 134 heavy (non-hydrogen) atoms. The Kier molecular flexibility index (Phi) is 41.3. The van der Waals surface area contributed by atoms with Crippen LogP contribution in [0.25, 0.3) is 0 Å². The molecule has 3 aromatic rings. The van der Waals surface area contributed by atoms with Gasteiger partial charge in [0.1, 0.15) is 247 Å². The number of nitrogens with zero attached hydrogens (tertiary/aromatic N) is 9. The van der Waals surface area contributed by atoms with Crippen molar-refractivity contribution in [1.29, 1.82) is 0 Å². The third-order valence-corrected chi connectivity index (χ3v) is 29.1. The van der Waals surface area contributed by atoms with Crippen LogP contribution >= 0.6 is 47.0 Å². The lowest BCUT2D eigenvalue weighted by atomic mass is 9.97. The third kappa shape index (κ3) is 24.8. The van der Waals surface area contributed by atoms with Gasteiger partial charge in [-0.2, -0.15) is 0 Å². The van der Waals surface area contributed by atoms with E-state index in [4.69, 9.17) is 71.1 Å². The van der Waals surface area contributed by atoms with Gasteiger partial charge in [0.25, 0.3) is 0 Å². The quantitative estimate of drug-likeness (QED) is 0.0234. The van der Waals surface area contributed by atoms with Crippen LogP contribution in [0.5, 0.6) is 0 Å². The standard InChI is InChI=1S/C74H123N9O47S4/c84-13-30-39(93)44(98)53(107)66(118-30)83-29(23-117-8-6-82-28(4-12-134-74-61(115)52(106)65(38(21-92)126-74)130-70-57(111)48(102)43(97)34(17-88)122-70)25(76-79-82)2-10-132-72-59(113)50(104)63(36(19-90)124-72)128-68-55(109)46(100)41(95)32(15-86)120-68)26(77-80-83)22-116-7-5-81-27(3-11-133-73-60(114)51(105)64(37(20-91)125-73)129-69-56(110)47(101)42(96)33(16-87)121-69)24(75-78-81)1-9-131-71-58(112)49(103)62(35(18-89)123-71)127-67-54(108)45(99)40(94)31(14-85)119-67/h30-74,84-115H,1-23H2/t30-,31-,32-,33-,34-,35-,36-,37-,38-,39-,40+,41+,42+,43+,44+,45+,46+,47+,48+,49-,50-,51-,52-,53-,54-,55-,56-,57-,58-,59-,60-,61-,62-,63-,64-,65-,66-,67+,68+,69+,70+,71+,72+,73+,74+/m1/s1. The Labute approximate surface area is 777 Å². The Hall–Kier alpha value is -3.06. The van der Waals surface area contributed by atoms with Gasteiger partial charge in [0, 0.05) is 48.7 Å². The summed E-state index contributed by atoms with van der Waals surface area (Å²) in [5, 5.41) is 368. The highest BCUT2D eigenvalue weighted by molar-refractivity contribution is 8.00. The van der Waals surface area contributed by atoms with E-state index < -0.39 is 346 Å². The lowest BCUT2D eigenvalue weighted by Crippen LogP contribution is -2.64.